The highest BCUT2D eigenvalue weighted by Crippen LogP contribution is 2.23. The Morgan fingerprint density at radius 3 is 2.50 bits per heavy atom. The zero-order chi connectivity index (χ0) is 16.3. The number of likely N-dealkylation sites (tertiary alicyclic amines) is 1. The summed E-state index contributed by atoms with van der Waals surface area (Å²) >= 11 is 0. The van der Waals surface area contributed by atoms with E-state index in [2.05, 4.69) is 41.1 Å². The molecule has 5 nitrogen and oxygen atoms in total. The van der Waals surface area contributed by atoms with E-state index in [-0.39, 0.29) is 0 Å². The van der Waals surface area contributed by atoms with Gasteiger partial charge in [-0.15, -0.1) is 0 Å². The Hall–Kier alpha value is -1.52. The van der Waals surface area contributed by atoms with E-state index in [1.165, 1.54) is 12.0 Å². The Bertz CT molecular complexity index is 493. The van der Waals surface area contributed by atoms with E-state index in [0.717, 1.165) is 48.9 Å². The van der Waals surface area contributed by atoms with Crippen LogP contribution in [0, 0.1) is 25.7 Å². The molecule has 1 fully saturated rings. The minimum atomic E-state index is 0.350. The molecule has 1 aromatic rings. The molecule has 1 aliphatic heterocycles. The lowest BCUT2D eigenvalue weighted by atomic mass is 9.92. The van der Waals surface area contributed by atoms with Gasteiger partial charge >= 0.3 is 0 Å². The van der Waals surface area contributed by atoms with Crippen LogP contribution in [0.25, 0.3) is 0 Å². The van der Waals surface area contributed by atoms with Crippen molar-refractivity contribution >= 4 is 5.96 Å². The van der Waals surface area contributed by atoms with Gasteiger partial charge < -0.3 is 14.7 Å². The molecular weight excluding hydrogens is 276 g/mol. The average molecular weight is 306 g/mol. The van der Waals surface area contributed by atoms with Crippen LogP contribution in [0.4, 0.5) is 0 Å². The largest absolute Gasteiger partial charge is 0.361 e. The fourth-order valence-corrected chi connectivity index (χ4v) is 3.71. The number of hydrogen-bond acceptors (Lipinski definition) is 3. The maximum absolute atomic E-state index is 5.28. The molecule has 1 aromatic heterocycles. The van der Waals surface area contributed by atoms with Gasteiger partial charge in [0.15, 0.2) is 5.96 Å². The van der Waals surface area contributed by atoms with Gasteiger partial charge in [0, 0.05) is 38.2 Å². The molecule has 1 saturated heterocycles. The van der Waals surface area contributed by atoms with Gasteiger partial charge in [0.05, 0.1) is 5.69 Å². The Kier molecular flexibility index (Phi) is 5.48. The van der Waals surface area contributed by atoms with Crippen molar-refractivity contribution in [2.45, 2.75) is 47.0 Å². The van der Waals surface area contributed by atoms with Gasteiger partial charge in [0.2, 0.25) is 0 Å². The van der Waals surface area contributed by atoms with Crippen molar-refractivity contribution in [1.82, 2.24) is 15.4 Å². The molecule has 1 N–H and O–H groups in total. The Balaban J connectivity index is 1.97. The van der Waals surface area contributed by atoms with Crippen LogP contribution < -0.4 is 5.32 Å². The fraction of sp³-hybridized carbons (Fsp3) is 0.765. The molecule has 3 unspecified atom stereocenters. The second kappa shape index (κ2) is 7.16. The third-order valence-corrected chi connectivity index (χ3v) is 4.53. The van der Waals surface area contributed by atoms with Crippen LogP contribution in [-0.4, -0.2) is 42.7 Å². The molecule has 0 spiro atoms. The maximum atomic E-state index is 5.28. The van der Waals surface area contributed by atoms with Gasteiger partial charge in [-0.05, 0) is 32.1 Å². The molecule has 0 radical (unpaired) electrons. The van der Waals surface area contributed by atoms with Crippen molar-refractivity contribution < 1.29 is 4.52 Å². The highest BCUT2D eigenvalue weighted by atomic mass is 16.5. The number of nitrogens with one attached hydrogen (secondary N) is 1. The van der Waals surface area contributed by atoms with Crippen LogP contribution in [0.1, 0.15) is 50.1 Å². The van der Waals surface area contributed by atoms with E-state index in [9.17, 15) is 0 Å². The highest BCUT2D eigenvalue weighted by molar-refractivity contribution is 5.80. The predicted octanol–water partition coefficient (Wildman–Crippen LogP) is 2.95. The van der Waals surface area contributed by atoms with Gasteiger partial charge in [-0.3, -0.25) is 4.99 Å². The number of aromatic nitrogens is 1. The van der Waals surface area contributed by atoms with E-state index in [4.69, 9.17) is 4.52 Å². The molecule has 5 heteroatoms. The summed E-state index contributed by atoms with van der Waals surface area (Å²) in [5, 5.41) is 7.58. The first kappa shape index (κ1) is 16.8. The van der Waals surface area contributed by atoms with Crippen LogP contribution in [0.5, 0.6) is 0 Å². The third-order valence-electron chi connectivity index (χ3n) is 4.53. The maximum Gasteiger partial charge on any atom is 0.193 e. The van der Waals surface area contributed by atoms with Gasteiger partial charge in [-0.1, -0.05) is 25.9 Å². The summed E-state index contributed by atoms with van der Waals surface area (Å²) in [4.78, 5) is 6.86. The third kappa shape index (κ3) is 3.81. The SMILES string of the molecule is CN=C(NCC(C)c1c(C)noc1C)N1CC(C)CC(C)C1. The molecule has 1 aliphatic rings. The lowest BCUT2D eigenvalue weighted by molar-refractivity contribution is 0.208. The number of aliphatic imine (C=N–C) groups is 1. The first-order valence-corrected chi connectivity index (χ1v) is 8.30. The number of guanidine groups is 1. The normalized spacial score (nSPS) is 24.5. The number of piperidine rings is 1. The van der Waals surface area contributed by atoms with Crippen molar-refractivity contribution in [3.63, 3.8) is 0 Å². The highest BCUT2D eigenvalue weighted by Gasteiger charge is 2.24. The first-order valence-electron chi connectivity index (χ1n) is 8.30. The summed E-state index contributed by atoms with van der Waals surface area (Å²) in [5.74, 6) is 3.73. The molecule has 0 bridgehead atoms. The van der Waals surface area contributed by atoms with E-state index in [0.29, 0.717) is 5.92 Å². The summed E-state index contributed by atoms with van der Waals surface area (Å²) in [7, 11) is 1.87. The molecule has 0 aromatic carbocycles. The van der Waals surface area contributed by atoms with E-state index >= 15 is 0 Å². The smallest absolute Gasteiger partial charge is 0.193 e. The molecule has 0 aliphatic carbocycles. The molecule has 0 amide bonds. The van der Waals surface area contributed by atoms with E-state index in [1.807, 2.05) is 20.9 Å². The van der Waals surface area contributed by atoms with Gasteiger partial charge in [0.25, 0.3) is 0 Å². The van der Waals surface area contributed by atoms with Crippen molar-refractivity contribution in [2.75, 3.05) is 26.7 Å². The second-order valence-electron chi connectivity index (χ2n) is 6.92. The lowest BCUT2D eigenvalue weighted by Gasteiger charge is -2.37. The van der Waals surface area contributed by atoms with Gasteiger partial charge in [-0.2, -0.15) is 0 Å². The standard InChI is InChI=1S/C17H30N4O/c1-11-7-12(2)10-21(9-11)17(18-6)19-8-13(3)16-14(4)20-22-15(16)5/h11-13H,7-10H2,1-6H3,(H,18,19). The molecule has 2 heterocycles. The van der Waals surface area contributed by atoms with Crippen molar-refractivity contribution in [1.29, 1.82) is 0 Å². The fourth-order valence-electron chi connectivity index (χ4n) is 3.71. The van der Waals surface area contributed by atoms with E-state index in [1.54, 1.807) is 0 Å². The lowest BCUT2D eigenvalue weighted by Crippen LogP contribution is -2.49. The Labute approximate surface area is 134 Å². The molecule has 3 atom stereocenters. The van der Waals surface area contributed by atoms with Crippen LogP contribution in [0.2, 0.25) is 0 Å². The van der Waals surface area contributed by atoms with Crippen molar-refractivity contribution in [3.05, 3.63) is 17.0 Å². The zero-order valence-corrected chi connectivity index (χ0v) is 14.8. The Morgan fingerprint density at radius 2 is 2.00 bits per heavy atom. The van der Waals surface area contributed by atoms with Crippen LogP contribution in [0.3, 0.4) is 0 Å². The first-order chi connectivity index (χ1) is 10.4. The molecule has 0 saturated carbocycles. The molecular formula is C17H30N4O. The number of nitrogens with zero attached hydrogens (tertiary/aromatic N) is 3. The summed E-state index contributed by atoms with van der Waals surface area (Å²) in [6.07, 6.45) is 1.31. The van der Waals surface area contributed by atoms with Gasteiger partial charge in [-0.25, -0.2) is 0 Å². The van der Waals surface area contributed by atoms with Gasteiger partial charge in [0.1, 0.15) is 5.76 Å². The Morgan fingerprint density at radius 1 is 1.36 bits per heavy atom. The van der Waals surface area contributed by atoms with Crippen LogP contribution in [-0.2, 0) is 0 Å². The summed E-state index contributed by atoms with van der Waals surface area (Å²) in [6, 6.07) is 0. The van der Waals surface area contributed by atoms with Crippen molar-refractivity contribution in [2.24, 2.45) is 16.8 Å². The van der Waals surface area contributed by atoms with E-state index < -0.39 is 0 Å². The predicted molar refractivity (Wildman–Crippen MR) is 90.3 cm³/mol. The summed E-state index contributed by atoms with van der Waals surface area (Å²) in [5.41, 5.74) is 2.20. The summed E-state index contributed by atoms with van der Waals surface area (Å²) < 4.78 is 5.28. The average Bonchev–Trinajstić information content (AvgIpc) is 2.77. The van der Waals surface area contributed by atoms with Crippen LogP contribution in [0.15, 0.2) is 9.52 Å². The minimum Gasteiger partial charge on any atom is -0.361 e. The minimum absolute atomic E-state index is 0.350. The monoisotopic (exact) mass is 306 g/mol. The molecule has 22 heavy (non-hydrogen) atoms. The number of aryl methyl sites for hydroxylation is 2. The number of rotatable bonds is 3. The van der Waals surface area contributed by atoms with Crippen molar-refractivity contribution in [3.8, 4) is 0 Å². The topological polar surface area (TPSA) is 53.7 Å². The summed E-state index contributed by atoms with van der Waals surface area (Å²) in [6.45, 7) is 13.8. The second-order valence-corrected chi connectivity index (χ2v) is 6.92. The number of hydrogen-bond donors (Lipinski definition) is 1. The zero-order valence-electron chi connectivity index (χ0n) is 14.8. The molecule has 124 valence electrons. The molecule has 2 rings (SSSR count). The van der Waals surface area contributed by atoms with Crippen LogP contribution >= 0.6 is 0 Å². The quantitative estimate of drug-likeness (QED) is 0.689.